The molecule has 0 unspecified atom stereocenters. The molecule has 0 aliphatic heterocycles. The number of aromatic nitrogens is 3. The second-order valence-corrected chi connectivity index (χ2v) is 8.38. The first-order chi connectivity index (χ1) is 16.8. The summed E-state index contributed by atoms with van der Waals surface area (Å²) < 4.78 is 48.7. The number of benzene rings is 3. The quantitative estimate of drug-likeness (QED) is 0.269. The van der Waals surface area contributed by atoms with Crippen molar-refractivity contribution < 1.29 is 17.9 Å². The van der Waals surface area contributed by atoms with Crippen LogP contribution in [0.2, 0.25) is 0 Å². The summed E-state index contributed by atoms with van der Waals surface area (Å²) in [7, 11) is 0. The Balaban J connectivity index is 1.53. The molecule has 0 aliphatic carbocycles. The lowest BCUT2D eigenvalue weighted by Crippen LogP contribution is -2.13. The van der Waals surface area contributed by atoms with E-state index in [2.05, 4.69) is 10.1 Å². The molecule has 0 N–H and O–H groups in total. The largest absolute Gasteiger partial charge is 0.489 e. The van der Waals surface area contributed by atoms with Gasteiger partial charge in [0.25, 0.3) is 0 Å². The summed E-state index contributed by atoms with van der Waals surface area (Å²) in [6, 6.07) is 25.2. The normalized spacial score (nSPS) is 11.7. The molecule has 0 saturated carbocycles. The van der Waals surface area contributed by atoms with Crippen LogP contribution < -0.4 is 4.74 Å². The van der Waals surface area contributed by atoms with Gasteiger partial charge in [0.05, 0.1) is 11.4 Å². The van der Waals surface area contributed by atoms with E-state index in [0.29, 0.717) is 29.2 Å². The van der Waals surface area contributed by atoms with Gasteiger partial charge in [-0.1, -0.05) is 60.2 Å². The van der Waals surface area contributed by atoms with Crippen molar-refractivity contribution in [3.8, 4) is 28.1 Å². The molecular weight excluding hydrogens is 451 g/mol. The monoisotopic (exact) mass is 473 g/mol. The van der Waals surface area contributed by atoms with Gasteiger partial charge < -0.3 is 4.74 Å². The molecule has 5 aromatic rings. The molecule has 0 bridgehead atoms. The lowest BCUT2D eigenvalue weighted by molar-refractivity contribution is -0.142. The summed E-state index contributed by atoms with van der Waals surface area (Å²) in [6.45, 7) is 4.11. The predicted molar refractivity (Wildman–Crippen MR) is 129 cm³/mol. The third-order valence-electron chi connectivity index (χ3n) is 5.79. The zero-order valence-corrected chi connectivity index (χ0v) is 19.2. The predicted octanol–water partition coefficient (Wildman–Crippen LogP) is 7.28. The van der Waals surface area contributed by atoms with Crippen LogP contribution in [-0.2, 0) is 12.8 Å². The van der Waals surface area contributed by atoms with Crippen molar-refractivity contribution >= 4 is 5.65 Å². The Morgan fingerprint density at radius 1 is 0.829 bits per heavy atom. The molecule has 0 radical (unpaired) electrons. The maximum absolute atomic E-state index is 14.0. The van der Waals surface area contributed by atoms with Gasteiger partial charge in [-0.25, -0.2) is 9.50 Å². The molecule has 3 aromatic carbocycles. The van der Waals surface area contributed by atoms with E-state index in [-0.39, 0.29) is 11.3 Å². The van der Waals surface area contributed by atoms with Gasteiger partial charge in [0.15, 0.2) is 11.3 Å². The molecule has 7 heteroatoms. The van der Waals surface area contributed by atoms with E-state index in [1.165, 1.54) is 5.56 Å². The smallest absolute Gasteiger partial charge is 0.433 e. The number of hydrogen-bond acceptors (Lipinski definition) is 3. The molecule has 0 aliphatic rings. The fraction of sp³-hybridized carbons (Fsp3) is 0.143. The molecule has 5 rings (SSSR count). The number of hydrogen-bond donors (Lipinski definition) is 0. The minimum Gasteiger partial charge on any atom is -0.489 e. The number of rotatable bonds is 5. The first kappa shape index (κ1) is 22.7. The Bertz CT molecular complexity index is 1470. The molecule has 4 nitrogen and oxygen atoms in total. The number of fused-ring (bicyclic) bond motifs is 1. The SMILES string of the molecule is Cc1ccc(COc2ccc(-c3cc(C(F)(F)F)n4nc(C)c(-c5ccccc5)c4n3)cc2)cc1. The molecule has 0 saturated heterocycles. The van der Waals surface area contributed by atoms with Crippen LogP contribution in [0.3, 0.4) is 0 Å². The van der Waals surface area contributed by atoms with E-state index >= 15 is 0 Å². The lowest BCUT2D eigenvalue weighted by Gasteiger charge is -2.12. The fourth-order valence-electron chi connectivity index (χ4n) is 3.99. The van der Waals surface area contributed by atoms with Crippen molar-refractivity contribution in [3.05, 3.63) is 107 Å². The molecular formula is C28H22F3N3O. The highest BCUT2D eigenvalue weighted by Crippen LogP contribution is 2.36. The number of ether oxygens (including phenoxy) is 1. The highest BCUT2D eigenvalue weighted by Gasteiger charge is 2.36. The summed E-state index contributed by atoms with van der Waals surface area (Å²) in [5.41, 5.74) is 4.09. The Kier molecular flexibility index (Phi) is 5.76. The Morgan fingerprint density at radius 2 is 1.51 bits per heavy atom. The lowest BCUT2D eigenvalue weighted by atomic mass is 10.1. The van der Waals surface area contributed by atoms with Gasteiger partial charge in [-0.2, -0.15) is 18.3 Å². The number of aryl methyl sites for hydroxylation is 2. The van der Waals surface area contributed by atoms with Crippen molar-refractivity contribution in [3.63, 3.8) is 0 Å². The first-order valence-corrected chi connectivity index (χ1v) is 11.1. The Labute approximate surface area is 200 Å². The average Bonchev–Trinajstić information content (AvgIpc) is 3.19. The van der Waals surface area contributed by atoms with E-state index in [1.54, 1.807) is 31.2 Å². The zero-order chi connectivity index (χ0) is 24.6. The fourth-order valence-corrected chi connectivity index (χ4v) is 3.99. The molecule has 2 aromatic heterocycles. The number of halogens is 3. The van der Waals surface area contributed by atoms with E-state index in [1.807, 2.05) is 61.5 Å². The summed E-state index contributed by atoms with van der Waals surface area (Å²) in [5, 5.41) is 4.18. The summed E-state index contributed by atoms with van der Waals surface area (Å²) in [4.78, 5) is 4.61. The van der Waals surface area contributed by atoms with Crippen LogP contribution in [-0.4, -0.2) is 14.6 Å². The topological polar surface area (TPSA) is 39.4 Å². The third-order valence-corrected chi connectivity index (χ3v) is 5.79. The number of alkyl halides is 3. The van der Waals surface area contributed by atoms with E-state index in [4.69, 9.17) is 4.74 Å². The maximum Gasteiger partial charge on any atom is 0.433 e. The van der Waals surface area contributed by atoms with Gasteiger partial charge in [0.2, 0.25) is 0 Å². The van der Waals surface area contributed by atoms with Crippen LogP contribution in [0.15, 0.2) is 84.9 Å². The Morgan fingerprint density at radius 3 is 2.17 bits per heavy atom. The van der Waals surface area contributed by atoms with Crippen molar-refractivity contribution in [1.29, 1.82) is 0 Å². The van der Waals surface area contributed by atoms with Gasteiger partial charge in [0.1, 0.15) is 12.4 Å². The minimum atomic E-state index is -4.60. The summed E-state index contributed by atoms with van der Waals surface area (Å²) in [6.07, 6.45) is -4.60. The van der Waals surface area contributed by atoms with E-state index in [9.17, 15) is 13.2 Å². The van der Waals surface area contributed by atoms with Crippen LogP contribution in [0.1, 0.15) is 22.5 Å². The van der Waals surface area contributed by atoms with Gasteiger partial charge in [-0.15, -0.1) is 0 Å². The third kappa shape index (κ3) is 4.62. The maximum atomic E-state index is 14.0. The van der Waals surface area contributed by atoms with Crippen LogP contribution >= 0.6 is 0 Å². The van der Waals surface area contributed by atoms with Crippen molar-refractivity contribution in [1.82, 2.24) is 14.6 Å². The zero-order valence-electron chi connectivity index (χ0n) is 19.2. The molecule has 0 amide bonds. The molecule has 0 fully saturated rings. The summed E-state index contributed by atoms with van der Waals surface area (Å²) in [5.74, 6) is 0.622. The highest BCUT2D eigenvalue weighted by molar-refractivity contribution is 5.81. The summed E-state index contributed by atoms with van der Waals surface area (Å²) >= 11 is 0. The molecule has 0 atom stereocenters. The van der Waals surface area contributed by atoms with Crippen molar-refractivity contribution in [2.75, 3.05) is 0 Å². The van der Waals surface area contributed by atoms with Crippen molar-refractivity contribution in [2.45, 2.75) is 26.6 Å². The average molecular weight is 473 g/mol. The van der Waals surface area contributed by atoms with Gasteiger partial charge in [0, 0.05) is 11.1 Å². The second kappa shape index (κ2) is 8.91. The minimum absolute atomic E-state index is 0.165. The van der Waals surface area contributed by atoms with Gasteiger partial charge >= 0.3 is 6.18 Å². The Hall–Kier alpha value is -4.13. The molecule has 0 spiro atoms. The van der Waals surface area contributed by atoms with Crippen LogP contribution in [0.4, 0.5) is 13.2 Å². The van der Waals surface area contributed by atoms with Crippen molar-refractivity contribution in [2.24, 2.45) is 0 Å². The molecule has 35 heavy (non-hydrogen) atoms. The van der Waals surface area contributed by atoms with Gasteiger partial charge in [-0.05, 0) is 55.3 Å². The molecule has 176 valence electrons. The highest BCUT2D eigenvalue weighted by atomic mass is 19.4. The number of nitrogens with zero attached hydrogens (tertiary/aromatic N) is 3. The van der Waals surface area contributed by atoms with E-state index < -0.39 is 11.9 Å². The van der Waals surface area contributed by atoms with Gasteiger partial charge in [-0.3, -0.25) is 0 Å². The standard InChI is InChI=1S/C28H22F3N3O/c1-18-8-10-20(11-9-18)17-35-23-14-12-21(13-15-23)24-16-25(28(29,30)31)34-27(32-24)26(19(2)33-34)22-6-4-3-5-7-22/h3-16H,17H2,1-2H3. The van der Waals surface area contributed by atoms with Crippen LogP contribution in [0.5, 0.6) is 5.75 Å². The van der Waals surface area contributed by atoms with Crippen LogP contribution in [0, 0.1) is 13.8 Å². The second-order valence-electron chi connectivity index (χ2n) is 8.38. The van der Waals surface area contributed by atoms with Crippen LogP contribution in [0.25, 0.3) is 28.0 Å². The van der Waals surface area contributed by atoms with E-state index in [0.717, 1.165) is 21.7 Å². The first-order valence-electron chi connectivity index (χ1n) is 11.1. The molecule has 2 heterocycles.